The molecule has 5 nitrogen and oxygen atoms in total. The zero-order chi connectivity index (χ0) is 18.9. The molecule has 2 saturated heterocycles. The summed E-state index contributed by atoms with van der Waals surface area (Å²) >= 11 is 0. The molecule has 1 aromatic heterocycles. The summed E-state index contributed by atoms with van der Waals surface area (Å²) in [4.78, 5) is 21.3. The summed E-state index contributed by atoms with van der Waals surface area (Å²) in [7, 11) is 1.64. The normalized spacial score (nSPS) is 22.7. The average Bonchev–Trinajstić information content (AvgIpc) is 3.11. The van der Waals surface area contributed by atoms with E-state index in [0.717, 1.165) is 30.6 Å². The summed E-state index contributed by atoms with van der Waals surface area (Å²) in [6.45, 7) is 13.9. The van der Waals surface area contributed by atoms with E-state index in [1.54, 1.807) is 7.05 Å². The molecule has 0 aromatic carbocycles. The lowest BCUT2D eigenvalue weighted by atomic mass is 9.80. The van der Waals surface area contributed by atoms with Gasteiger partial charge < -0.3 is 10.2 Å². The Labute approximate surface area is 158 Å². The minimum absolute atomic E-state index is 0.124. The van der Waals surface area contributed by atoms with Crippen molar-refractivity contribution in [2.24, 2.45) is 11.3 Å². The molecule has 3 rings (SSSR count). The van der Waals surface area contributed by atoms with Crippen molar-refractivity contribution in [2.75, 3.05) is 38.1 Å². The van der Waals surface area contributed by atoms with Gasteiger partial charge in [0.25, 0.3) is 5.91 Å². The molecular formula is C21H34N4O. The topological polar surface area (TPSA) is 48.5 Å². The number of piperidine rings is 1. The number of nitrogens with one attached hydrogen (secondary N) is 1. The van der Waals surface area contributed by atoms with Crippen molar-refractivity contribution >= 4 is 11.6 Å². The molecule has 26 heavy (non-hydrogen) atoms. The summed E-state index contributed by atoms with van der Waals surface area (Å²) in [5.41, 5.74) is 3.22. The maximum atomic E-state index is 11.7. The van der Waals surface area contributed by atoms with Crippen LogP contribution in [0.1, 0.15) is 56.1 Å². The van der Waals surface area contributed by atoms with Crippen molar-refractivity contribution < 1.29 is 4.79 Å². The van der Waals surface area contributed by atoms with Gasteiger partial charge in [-0.25, -0.2) is 4.98 Å². The number of nitrogens with zero attached hydrogens (tertiary/aromatic N) is 3. The molecule has 0 aliphatic carbocycles. The van der Waals surface area contributed by atoms with Crippen LogP contribution in [0.15, 0.2) is 12.3 Å². The van der Waals surface area contributed by atoms with Gasteiger partial charge in [0.05, 0.1) is 11.9 Å². The van der Waals surface area contributed by atoms with Crippen molar-refractivity contribution in [3.05, 3.63) is 23.5 Å². The molecule has 1 atom stereocenters. The summed E-state index contributed by atoms with van der Waals surface area (Å²) in [5.74, 6) is 0.699. The van der Waals surface area contributed by atoms with Crippen LogP contribution in [-0.2, 0) is 0 Å². The van der Waals surface area contributed by atoms with Crippen molar-refractivity contribution in [3.8, 4) is 0 Å². The van der Waals surface area contributed by atoms with Crippen LogP contribution in [0.3, 0.4) is 0 Å². The number of aryl methyl sites for hydroxylation is 1. The van der Waals surface area contributed by atoms with Gasteiger partial charge >= 0.3 is 0 Å². The molecule has 2 fully saturated rings. The highest BCUT2D eigenvalue weighted by molar-refractivity contribution is 5.92. The fraction of sp³-hybridized carbons (Fsp3) is 0.714. The number of carbonyl (C=O) groups is 1. The molecule has 0 spiro atoms. The highest BCUT2D eigenvalue weighted by Crippen LogP contribution is 2.36. The second-order valence-electron chi connectivity index (χ2n) is 9.00. The SMILES string of the molecule is CNC(=O)c1cc(C)c(N2CCC(N3CCC(C(C)(C)C)C3)CC2)cn1. The smallest absolute Gasteiger partial charge is 0.269 e. The molecule has 1 amide bonds. The fourth-order valence-electron chi connectivity index (χ4n) is 4.43. The molecule has 144 valence electrons. The Morgan fingerprint density at radius 2 is 1.88 bits per heavy atom. The van der Waals surface area contributed by atoms with Crippen LogP contribution in [0.4, 0.5) is 5.69 Å². The summed E-state index contributed by atoms with van der Waals surface area (Å²) in [6.07, 6.45) is 5.64. The molecule has 5 heteroatoms. The number of rotatable bonds is 3. The van der Waals surface area contributed by atoms with Crippen molar-refractivity contribution in [3.63, 3.8) is 0 Å². The minimum Gasteiger partial charge on any atom is -0.370 e. The Morgan fingerprint density at radius 1 is 1.19 bits per heavy atom. The quantitative estimate of drug-likeness (QED) is 0.902. The van der Waals surface area contributed by atoms with Crippen LogP contribution in [0.25, 0.3) is 0 Å². The van der Waals surface area contributed by atoms with Gasteiger partial charge in [-0.2, -0.15) is 0 Å². The zero-order valence-corrected chi connectivity index (χ0v) is 17.0. The Bertz CT molecular complexity index is 644. The van der Waals surface area contributed by atoms with Gasteiger partial charge in [-0.05, 0) is 55.7 Å². The van der Waals surface area contributed by atoms with E-state index in [9.17, 15) is 4.79 Å². The number of aromatic nitrogens is 1. The number of likely N-dealkylation sites (tertiary alicyclic amines) is 1. The van der Waals surface area contributed by atoms with Gasteiger partial charge in [0.15, 0.2) is 0 Å². The lowest BCUT2D eigenvalue weighted by Gasteiger charge is -2.38. The molecule has 1 aromatic rings. The number of anilines is 1. The van der Waals surface area contributed by atoms with Crippen LogP contribution in [-0.4, -0.2) is 55.1 Å². The van der Waals surface area contributed by atoms with Gasteiger partial charge in [0.1, 0.15) is 5.69 Å². The zero-order valence-electron chi connectivity index (χ0n) is 17.0. The molecule has 0 saturated carbocycles. The standard InChI is InChI=1S/C21H34N4O/c1-15-12-18(20(26)22-5)23-13-19(15)24-10-7-17(8-11-24)25-9-6-16(14-25)21(2,3)4/h12-13,16-17H,6-11,14H2,1-5H3,(H,22,26). The van der Waals surface area contributed by atoms with E-state index >= 15 is 0 Å². The lowest BCUT2D eigenvalue weighted by Crippen LogP contribution is -2.44. The van der Waals surface area contributed by atoms with E-state index in [-0.39, 0.29) is 5.91 Å². The Morgan fingerprint density at radius 3 is 2.42 bits per heavy atom. The molecule has 0 bridgehead atoms. The number of carbonyl (C=O) groups excluding carboxylic acids is 1. The van der Waals surface area contributed by atoms with Crippen molar-refractivity contribution in [2.45, 2.75) is 53.0 Å². The summed E-state index contributed by atoms with van der Waals surface area (Å²) < 4.78 is 0. The highest BCUT2D eigenvalue weighted by Gasteiger charge is 2.35. The second kappa shape index (κ2) is 7.55. The third kappa shape index (κ3) is 4.03. The van der Waals surface area contributed by atoms with Gasteiger partial charge in [-0.3, -0.25) is 9.69 Å². The Hall–Kier alpha value is -1.62. The van der Waals surface area contributed by atoms with Crippen LogP contribution in [0.2, 0.25) is 0 Å². The lowest BCUT2D eigenvalue weighted by molar-refractivity contribution is 0.0958. The van der Waals surface area contributed by atoms with Crippen LogP contribution < -0.4 is 10.2 Å². The molecule has 2 aliphatic rings. The fourth-order valence-corrected chi connectivity index (χ4v) is 4.43. The third-order valence-electron chi connectivity index (χ3n) is 6.31. The first-order valence-electron chi connectivity index (χ1n) is 9.97. The maximum Gasteiger partial charge on any atom is 0.269 e. The number of hydrogen-bond donors (Lipinski definition) is 1. The number of pyridine rings is 1. The molecular weight excluding hydrogens is 324 g/mol. The van der Waals surface area contributed by atoms with Gasteiger partial charge in [0, 0.05) is 32.7 Å². The number of hydrogen-bond acceptors (Lipinski definition) is 4. The first-order valence-corrected chi connectivity index (χ1v) is 9.97. The molecule has 2 aliphatic heterocycles. The third-order valence-corrected chi connectivity index (χ3v) is 6.31. The van der Waals surface area contributed by atoms with E-state index < -0.39 is 0 Å². The molecule has 0 radical (unpaired) electrons. The second-order valence-corrected chi connectivity index (χ2v) is 9.00. The largest absolute Gasteiger partial charge is 0.370 e. The van der Waals surface area contributed by atoms with E-state index in [2.05, 4.69) is 47.8 Å². The molecule has 3 heterocycles. The predicted octanol–water partition coefficient (Wildman–Crippen LogP) is 3.09. The summed E-state index contributed by atoms with van der Waals surface area (Å²) in [6, 6.07) is 2.62. The van der Waals surface area contributed by atoms with Crippen molar-refractivity contribution in [1.82, 2.24) is 15.2 Å². The first-order chi connectivity index (χ1) is 12.3. The monoisotopic (exact) mass is 358 g/mol. The average molecular weight is 359 g/mol. The molecule has 1 N–H and O–H groups in total. The van der Waals surface area contributed by atoms with Crippen LogP contribution in [0, 0.1) is 18.3 Å². The Balaban J connectivity index is 1.58. The van der Waals surface area contributed by atoms with E-state index in [1.807, 2.05) is 12.3 Å². The highest BCUT2D eigenvalue weighted by atomic mass is 16.1. The minimum atomic E-state index is -0.124. The van der Waals surface area contributed by atoms with E-state index in [4.69, 9.17) is 0 Å². The predicted molar refractivity (Wildman–Crippen MR) is 107 cm³/mol. The van der Waals surface area contributed by atoms with Gasteiger partial charge in [-0.1, -0.05) is 20.8 Å². The maximum absolute atomic E-state index is 11.7. The van der Waals surface area contributed by atoms with E-state index in [1.165, 1.54) is 38.0 Å². The van der Waals surface area contributed by atoms with Crippen molar-refractivity contribution in [1.29, 1.82) is 0 Å². The molecule has 1 unspecified atom stereocenters. The summed E-state index contributed by atoms with van der Waals surface area (Å²) in [5, 5.41) is 2.64. The Kier molecular flexibility index (Phi) is 5.56. The van der Waals surface area contributed by atoms with E-state index in [0.29, 0.717) is 11.1 Å². The number of amides is 1. The van der Waals surface area contributed by atoms with Crippen LogP contribution >= 0.6 is 0 Å². The van der Waals surface area contributed by atoms with Gasteiger partial charge in [0.2, 0.25) is 0 Å². The van der Waals surface area contributed by atoms with Crippen LogP contribution in [0.5, 0.6) is 0 Å². The first kappa shape index (κ1) is 19.2. The van der Waals surface area contributed by atoms with Gasteiger partial charge in [-0.15, -0.1) is 0 Å².